The van der Waals surface area contributed by atoms with Gasteiger partial charge in [0.15, 0.2) is 18.1 Å². The maximum Gasteiger partial charge on any atom is 0.407 e. The molecule has 0 aromatic heterocycles. The number of aliphatic hydroxyl groups is 2. The van der Waals surface area contributed by atoms with Crippen molar-refractivity contribution < 1.29 is 43.3 Å². The monoisotopic (exact) mass is 633 g/mol. The number of allylic oxidation sites excluding steroid dienone is 4. The molecule has 0 aromatic rings. The highest BCUT2D eigenvalue weighted by molar-refractivity contribution is 6.01. The number of esters is 1. The van der Waals surface area contributed by atoms with E-state index >= 15 is 4.39 Å². The molecule has 4 aliphatic carbocycles. The lowest BCUT2D eigenvalue weighted by atomic mass is 9.44. The van der Waals surface area contributed by atoms with Crippen molar-refractivity contribution in [2.75, 3.05) is 20.3 Å². The van der Waals surface area contributed by atoms with Crippen molar-refractivity contribution in [1.82, 2.24) is 5.32 Å². The molecule has 3 saturated carbocycles. The molecule has 0 aromatic carbocycles. The van der Waals surface area contributed by atoms with Crippen molar-refractivity contribution >= 4 is 23.6 Å². The van der Waals surface area contributed by atoms with Crippen molar-refractivity contribution in [2.45, 2.75) is 122 Å². The molecule has 3 N–H and O–H groups in total. The van der Waals surface area contributed by atoms with Crippen LogP contribution in [-0.2, 0) is 23.9 Å². The van der Waals surface area contributed by atoms with Crippen molar-refractivity contribution in [3.63, 3.8) is 0 Å². The summed E-state index contributed by atoms with van der Waals surface area (Å²) in [4.78, 5) is 49.1. The first-order valence-electron chi connectivity index (χ1n) is 16.8. The molecule has 0 spiro atoms. The molecule has 1 amide bonds. The van der Waals surface area contributed by atoms with Crippen LogP contribution in [0.2, 0.25) is 0 Å². The Balaban J connectivity index is 1.25. The molecule has 0 bridgehead atoms. The van der Waals surface area contributed by atoms with E-state index in [0.717, 1.165) is 51.4 Å². The number of nitrogens with one attached hydrogen (secondary N) is 1. The summed E-state index contributed by atoms with van der Waals surface area (Å²) < 4.78 is 27.2. The molecule has 10 heteroatoms. The third kappa shape index (κ3) is 6.38. The number of Topliss-reactive ketones (excluding diaryl/α,β-unsaturated/α-hetero) is 1. The molecule has 0 radical (unpaired) electrons. The number of carbonyl (C=O) groups excluding carboxylic acids is 4. The molecule has 4 aliphatic rings. The maximum atomic E-state index is 17.3. The molecule has 4 rings (SSSR count). The molecule has 0 heterocycles. The van der Waals surface area contributed by atoms with Gasteiger partial charge in [-0.05, 0) is 69.4 Å². The summed E-state index contributed by atoms with van der Waals surface area (Å²) in [7, 11) is 1.40. The zero-order valence-electron chi connectivity index (χ0n) is 27.4. The van der Waals surface area contributed by atoms with E-state index in [1.807, 2.05) is 0 Å². The second kappa shape index (κ2) is 14.0. The normalized spacial score (nSPS) is 36.8. The number of hydrogen-bond donors (Lipinski definition) is 3. The average molecular weight is 634 g/mol. The number of aliphatic hydroxyl groups excluding tert-OH is 1. The van der Waals surface area contributed by atoms with Crippen LogP contribution in [-0.4, -0.2) is 71.5 Å². The first-order chi connectivity index (χ1) is 21.3. The minimum atomic E-state index is -2.05. The molecule has 9 nitrogen and oxygen atoms in total. The molecule has 252 valence electrons. The summed E-state index contributed by atoms with van der Waals surface area (Å²) in [6.07, 6.45) is 11.8. The lowest BCUT2D eigenvalue weighted by molar-refractivity contribution is -0.219. The summed E-state index contributed by atoms with van der Waals surface area (Å²) in [5, 5.41) is 26.2. The van der Waals surface area contributed by atoms with Crippen LogP contribution in [0.4, 0.5) is 9.18 Å². The minimum absolute atomic E-state index is 0.123. The standard InChI is InChI=1S/C35H52FNO8/c1-23-19-27-26-15-14-24-20-25(38)16-17-32(24,2)34(26,36)28(39)21-33(27,3)35(23,43)29(40)22-45-31(42)37-18-12-10-8-6-5-7-9-11-13-30(41)44-4/h16-17,20,23,26-28,39,43H,5-15,18-19,21-22H2,1-4H3,(H,37,42)/t23-,26?,27?,28?,32?,33?,34+,35+/m1/s1. The smallest absolute Gasteiger partial charge is 0.407 e. The molecule has 0 saturated heterocycles. The zero-order chi connectivity index (χ0) is 33.0. The summed E-state index contributed by atoms with van der Waals surface area (Å²) in [5.74, 6) is -2.51. The highest BCUT2D eigenvalue weighted by atomic mass is 19.1. The fourth-order valence-corrected chi connectivity index (χ4v) is 9.18. The molecule has 8 atom stereocenters. The third-order valence-electron chi connectivity index (χ3n) is 11.8. The van der Waals surface area contributed by atoms with Crippen molar-refractivity contribution in [1.29, 1.82) is 0 Å². The van der Waals surface area contributed by atoms with E-state index in [1.54, 1.807) is 26.8 Å². The van der Waals surface area contributed by atoms with Crippen LogP contribution in [0.3, 0.4) is 0 Å². The van der Waals surface area contributed by atoms with E-state index in [9.17, 15) is 29.4 Å². The van der Waals surface area contributed by atoms with Gasteiger partial charge in [0.1, 0.15) is 5.60 Å². The topological polar surface area (TPSA) is 139 Å². The number of carbonyl (C=O) groups is 4. The lowest BCUT2D eigenvalue weighted by Crippen LogP contribution is -2.69. The Hall–Kier alpha value is -2.59. The fraction of sp³-hybridized carbons (Fsp3) is 0.771. The van der Waals surface area contributed by atoms with Crippen molar-refractivity contribution in [2.24, 2.45) is 28.6 Å². The number of rotatable bonds is 14. The van der Waals surface area contributed by atoms with E-state index in [-0.39, 0.29) is 24.1 Å². The first kappa shape index (κ1) is 35.3. The van der Waals surface area contributed by atoms with Crippen LogP contribution < -0.4 is 5.32 Å². The molecule has 3 fully saturated rings. The maximum absolute atomic E-state index is 17.3. The van der Waals surface area contributed by atoms with Crippen LogP contribution in [0, 0.1) is 28.6 Å². The number of hydrogen-bond acceptors (Lipinski definition) is 8. The van der Waals surface area contributed by atoms with E-state index < -0.39 is 58.5 Å². The van der Waals surface area contributed by atoms with Crippen LogP contribution in [0.25, 0.3) is 0 Å². The summed E-state index contributed by atoms with van der Waals surface area (Å²) >= 11 is 0. The minimum Gasteiger partial charge on any atom is -0.469 e. The summed E-state index contributed by atoms with van der Waals surface area (Å²) in [6.45, 7) is 5.07. The van der Waals surface area contributed by atoms with E-state index in [1.165, 1.54) is 19.3 Å². The van der Waals surface area contributed by atoms with Crippen molar-refractivity contribution in [3.8, 4) is 0 Å². The highest BCUT2D eigenvalue weighted by Gasteiger charge is 2.75. The van der Waals surface area contributed by atoms with Gasteiger partial charge in [-0.1, -0.05) is 64.0 Å². The number of ether oxygens (including phenoxy) is 2. The van der Waals surface area contributed by atoms with Gasteiger partial charge in [-0.25, -0.2) is 9.18 Å². The Kier molecular flexibility index (Phi) is 11.0. The quantitative estimate of drug-likeness (QED) is 0.173. The Bertz CT molecular complexity index is 1200. The second-order valence-corrected chi connectivity index (χ2v) is 14.2. The number of alkyl halides is 1. The number of amides is 1. The predicted molar refractivity (Wildman–Crippen MR) is 166 cm³/mol. The van der Waals surface area contributed by atoms with Gasteiger partial charge >= 0.3 is 12.1 Å². The van der Waals surface area contributed by atoms with E-state index in [0.29, 0.717) is 37.8 Å². The predicted octanol–water partition coefficient (Wildman–Crippen LogP) is 5.31. The van der Waals surface area contributed by atoms with Gasteiger partial charge in [0.2, 0.25) is 5.78 Å². The average Bonchev–Trinajstić information content (AvgIpc) is 3.20. The van der Waals surface area contributed by atoms with Crippen LogP contribution in [0.15, 0.2) is 23.8 Å². The fourth-order valence-electron chi connectivity index (χ4n) is 9.18. The van der Waals surface area contributed by atoms with Crippen LogP contribution in [0.1, 0.15) is 104 Å². The van der Waals surface area contributed by atoms with Gasteiger partial charge in [-0.2, -0.15) is 0 Å². The zero-order valence-corrected chi connectivity index (χ0v) is 27.4. The van der Waals surface area contributed by atoms with Gasteiger partial charge in [0, 0.05) is 29.7 Å². The number of fused-ring (bicyclic) bond motifs is 5. The Morgan fingerprint density at radius 1 is 1.04 bits per heavy atom. The number of halogens is 1. The number of alkyl carbamates (subject to hydrolysis) is 1. The SMILES string of the molecule is COC(=O)CCCCCCCCCCNC(=O)OCC(=O)[C@@]1(O)[C@H](C)CC2C3CCC4=CC(=O)C=CC4(C)[C@@]3(F)C(O)CC21C. The summed E-state index contributed by atoms with van der Waals surface area (Å²) in [6, 6.07) is 0. The van der Waals surface area contributed by atoms with Gasteiger partial charge in [0.25, 0.3) is 0 Å². The largest absolute Gasteiger partial charge is 0.469 e. The Morgan fingerprint density at radius 2 is 1.69 bits per heavy atom. The second-order valence-electron chi connectivity index (χ2n) is 14.2. The van der Waals surface area contributed by atoms with Gasteiger partial charge in [0.05, 0.1) is 13.2 Å². The first-order valence-corrected chi connectivity index (χ1v) is 16.8. The van der Waals surface area contributed by atoms with E-state index in [4.69, 9.17) is 4.74 Å². The number of unbranched alkanes of at least 4 members (excludes halogenated alkanes) is 7. The molecular weight excluding hydrogens is 581 g/mol. The number of methoxy groups -OCH3 is 1. The van der Waals surface area contributed by atoms with Gasteiger partial charge in [-0.3, -0.25) is 14.4 Å². The van der Waals surface area contributed by atoms with Crippen LogP contribution in [0.5, 0.6) is 0 Å². The Morgan fingerprint density at radius 3 is 2.36 bits per heavy atom. The summed E-state index contributed by atoms with van der Waals surface area (Å²) in [5.41, 5.74) is -5.52. The lowest BCUT2D eigenvalue weighted by Gasteiger charge is -2.62. The molecule has 0 aliphatic heterocycles. The number of ketones is 2. The van der Waals surface area contributed by atoms with Gasteiger partial charge < -0.3 is 25.0 Å². The van der Waals surface area contributed by atoms with Crippen LogP contribution >= 0.6 is 0 Å². The van der Waals surface area contributed by atoms with Crippen molar-refractivity contribution in [3.05, 3.63) is 23.8 Å². The Labute approximate surface area is 266 Å². The van der Waals surface area contributed by atoms with Gasteiger partial charge in [-0.15, -0.1) is 0 Å². The molecule has 45 heavy (non-hydrogen) atoms. The third-order valence-corrected chi connectivity index (χ3v) is 11.8. The highest BCUT2D eigenvalue weighted by Crippen LogP contribution is 2.70. The molecule has 5 unspecified atom stereocenters. The van der Waals surface area contributed by atoms with E-state index in [2.05, 4.69) is 10.1 Å². The molecular formula is C35H52FNO8.